The van der Waals surface area contributed by atoms with Crippen LogP contribution in [-0.4, -0.2) is 49.3 Å². The second-order valence-electron chi connectivity index (χ2n) is 6.07. The summed E-state index contributed by atoms with van der Waals surface area (Å²) >= 11 is 0. The predicted molar refractivity (Wildman–Crippen MR) is 76.8 cm³/mol. The van der Waals surface area contributed by atoms with E-state index in [0.717, 1.165) is 0 Å². The molecular weight excluding hydrogens is 336 g/mol. The van der Waals surface area contributed by atoms with Crippen LogP contribution in [0.25, 0.3) is 0 Å². The Morgan fingerprint density at radius 3 is 2.68 bits per heavy atom. The Kier molecular flexibility index (Phi) is 4.24. The SMILES string of the molecule is CC(=O)OCc1ccc(C2O[C@H]3[C@@H](O2)[C@H]2CO[C@H](O2)[C@@H]3OC(C)=O)o1. The number of hydrogen-bond donors (Lipinski definition) is 0. The molecule has 2 bridgehead atoms. The summed E-state index contributed by atoms with van der Waals surface area (Å²) in [7, 11) is 0. The smallest absolute Gasteiger partial charge is 0.303 e. The predicted octanol–water partition coefficient (Wildman–Crippen LogP) is 0.812. The largest absolute Gasteiger partial charge is 0.458 e. The minimum Gasteiger partial charge on any atom is -0.458 e. The van der Waals surface area contributed by atoms with Gasteiger partial charge in [-0.15, -0.1) is 0 Å². The van der Waals surface area contributed by atoms with E-state index < -0.39 is 42.8 Å². The van der Waals surface area contributed by atoms with Crippen molar-refractivity contribution >= 4 is 11.9 Å². The highest BCUT2D eigenvalue weighted by Crippen LogP contribution is 2.43. The van der Waals surface area contributed by atoms with E-state index in [2.05, 4.69) is 0 Å². The topological polar surface area (TPSA) is 103 Å². The van der Waals surface area contributed by atoms with Crippen LogP contribution in [0.4, 0.5) is 0 Å². The molecule has 0 aromatic carbocycles. The first-order chi connectivity index (χ1) is 12.0. The highest BCUT2D eigenvalue weighted by molar-refractivity contribution is 5.66. The van der Waals surface area contributed by atoms with E-state index in [-0.39, 0.29) is 12.7 Å². The van der Waals surface area contributed by atoms with Crippen molar-refractivity contribution in [3.8, 4) is 0 Å². The van der Waals surface area contributed by atoms with Gasteiger partial charge >= 0.3 is 11.9 Å². The second-order valence-corrected chi connectivity index (χ2v) is 6.07. The standard InChI is InChI=1S/C16H18O9/c1-7(17)19-5-9-3-4-10(22-9)15-24-12-11-6-20-16(23-11)14(13(12)25-15)21-8(2)18/h3-4,11-16H,5-6H2,1-2H3/t11-,12+,13+,14-,15?,16-/m1/s1. The van der Waals surface area contributed by atoms with Crippen LogP contribution < -0.4 is 0 Å². The summed E-state index contributed by atoms with van der Waals surface area (Å²) in [5.74, 6) is 0.0737. The fourth-order valence-electron chi connectivity index (χ4n) is 3.20. The average Bonchev–Trinajstić information content (AvgIpc) is 3.27. The lowest BCUT2D eigenvalue weighted by Crippen LogP contribution is -2.53. The van der Waals surface area contributed by atoms with Gasteiger partial charge in [-0.3, -0.25) is 9.59 Å². The maximum atomic E-state index is 11.4. The molecule has 1 unspecified atom stereocenters. The average molecular weight is 354 g/mol. The number of rotatable bonds is 4. The number of fused-ring (bicyclic) bond motifs is 4. The molecule has 1 aromatic heterocycles. The normalized spacial score (nSPS) is 36.1. The maximum Gasteiger partial charge on any atom is 0.303 e. The Bertz CT molecular complexity index is 668. The Morgan fingerprint density at radius 1 is 1.12 bits per heavy atom. The molecule has 3 fully saturated rings. The van der Waals surface area contributed by atoms with Crippen molar-refractivity contribution in [1.29, 1.82) is 0 Å². The zero-order valence-corrected chi connectivity index (χ0v) is 13.7. The Hall–Kier alpha value is -1.94. The molecule has 0 aliphatic carbocycles. The van der Waals surface area contributed by atoms with E-state index in [1.807, 2.05) is 0 Å². The summed E-state index contributed by atoms with van der Waals surface area (Å²) in [6.45, 7) is 3.02. The molecule has 0 amide bonds. The molecule has 136 valence electrons. The maximum absolute atomic E-state index is 11.4. The van der Waals surface area contributed by atoms with Crippen molar-refractivity contribution in [1.82, 2.24) is 0 Å². The molecule has 4 rings (SSSR count). The highest BCUT2D eigenvalue weighted by atomic mass is 16.8. The molecule has 4 heterocycles. The van der Waals surface area contributed by atoms with Crippen molar-refractivity contribution in [2.75, 3.05) is 6.61 Å². The van der Waals surface area contributed by atoms with Crippen LogP contribution >= 0.6 is 0 Å². The molecule has 3 saturated heterocycles. The lowest BCUT2D eigenvalue weighted by atomic mass is 10.0. The monoisotopic (exact) mass is 354 g/mol. The lowest BCUT2D eigenvalue weighted by molar-refractivity contribution is -0.219. The van der Waals surface area contributed by atoms with Crippen molar-refractivity contribution in [3.05, 3.63) is 23.7 Å². The van der Waals surface area contributed by atoms with E-state index in [1.54, 1.807) is 12.1 Å². The number of furan rings is 1. The van der Waals surface area contributed by atoms with Crippen LogP contribution in [0.3, 0.4) is 0 Å². The lowest BCUT2D eigenvalue weighted by Gasteiger charge is -2.34. The van der Waals surface area contributed by atoms with Gasteiger partial charge in [-0.25, -0.2) is 0 Å². The van der Waals surface area contributed by atoms with E-state index >= 15 is 0 Å². The van der Waals surface area contributed by atoms with Crippen LogP contribution in [-0.2, 0) is 44.6 Å². The number of ether oxygens (including phenoxy) is 6. The van der Waals surface area contributed by atoms with Gasteiger partial charge in [0.25, 0.3) is 0 Å². The summed E-state index contributed by atoms with van der Waals surface area (Å²) in [5, 5.41) is 0. The summed E-state index contributed by atoms with van der Waals surface area (Å²) < 4.78 is 38.8. The molecule has 0 radical (unpaired) electrons. The Labute approximate surface area is 143 Å². The van der Waals surface area contributed by atoms with Crippen LogP contribution in [0, 0.1) is 0 Å². The third-order valence-corrected chi connectivity index (χ3v) is 4.21. The summed E-state index contributed by atoms with van der Waals surface area (Å²) in [6.07, 6.45) is -3.36. The van der Waals surface area contributed by atoms with Gasteiger partial charge in [-0.2, -0.15) is 0 Å². The second kappa shape index (κ2) is 6.41. The minimum atomic E-state index is -0.762. The van der Waals surface area contributed by atoms with E-state index in [0.29, 0.717) is 18.1 Å². The fraction of sp³-hybridized carbons (Fsp3) is 0.625. The molecule has 1 aromatic rings. The first-order valence-electron chi connectivity index (χ1n) is 7.98. The summed E-state index contributed by atoms with van der Waals surface area (Å²) in [6, 6.07) is 3.37. The number of hydrogen-bond acceptors (Lipinski definition) is 9. The van der Waals surface area contributed by atoms with Crippen LogP contribution in [0.1, 0.15) is 31.7 Å². The first-order valence-corrected chi connectivity index (χ1v) is 7.98. The van der Waals surface area contributed by atoms with Gasteiger partial charge in [0.1, 0.15) is 30.7 Å². The molecular formula is C16H18O9. The Balaban J connectivity index is 1.48. The number of esters is 2. The minimum absolute atomic E-state index is 0.0344. The van der Waals surface area contributed by atoms with Crippen LogP contribution in [0.15, 0.2) is 16.5 Å². The molecule has 0 saturated carbocycles. The zero-order chi connectivity index (χ0) is 17.6. The third-order valence-electron chi connectivity index (χ3n) is 4.21. The van der Waals surface area contributed by atoms with Gasteiger partial charge in [0.2, 0.25) is 6.29 Å². The molecule has 0 N–H and O–H groups in total. The van der Waals surface area contributed by atoms with Gasteiger partial charge < -0.3 is 32.8 Å². The highest BCUT2D eigenvalue weighted by Gasteiger charge is 2.58. The van der Waals surface area contributed by atoms with E-state index in [9.17, 15) is 9.59 Å². The van der Waals surface area contributed by atoms with Gasteiger partial charge in [0, 0.05) is 13.8 Å². The van der Waals surface area contributed by atoms with Crippen molar-refractivity contribution in [3.63, 3.8) is 0 Å². The van der Waals surface area contributed by atoms with Gasteiger partial charge in [0.05, 0.1) is 6.61 Å². The van der Waals surface area contributed by atoms with Gasteiger partial charge in [-0.05, 0) is 12.1 Å². The van der Waals surface area contributed by atoms with Crippen molar-refractivity contribution in [2.45, 2.75) is 57.5 Å². The van der Waals surface area contributed by atoms with Gasteiger partial charge in [0.15, 0.2) is 18.2 Å². The van der Waals surface area contributed by atoms with Crippen molar-refractivity contribution < 1.29 is 42.4 Å². The Morgan fingerprint density at radius 2 is 1.92 bits per heavy atom. The molecule has 6 atom stereocenters. The molecule has 25 heavy (non-hydrogen) atoms. The van der Waals surface area contributed by atoms with Crippen LogP contribution in [0.2, 0.25) is 0 Å². The molecule has 9 heteroatoms. The first kappa shape index (κ1) is 16.5. The van der Waals surface area contributed by atoms with Gasteiger partial charge in [-0.1, -0.05) is 0 Å². The molecule has 0 spiro atoms. The zero-order valence-electron chi connectivity index (χ0n) is 13.7. The number of carbonyl (C=O) groups is 2. The fourth-order valence-corrected chi connectivity index (χ4v) is 3.20. The van der Waals surface area contributed by atoms with E-state index in [4.69, 9.17) is 32.8 Å². The molecule has 3 aliphatic heterocycles. The van der Waals surface area contributed by atoms with E-state index in [1.165, 1.54) is 13.8 Å². The molecule has 9 nitrogen and oxygen atoms in total. The summed E-state index contributed by atoms with van der Waals surface area (Å²) in [5.41, 5.74) is 0. The van der Waals surface area contributed by atoms with Crippen LogP contribution in [0.5, 0.6) is 0 Å². The quantitative estimate of drug-likeness (QED) is 0.727. The third kappa shape index (κ3) is 3.15. The number of carbonyl (C=O) groups excluding carboxylic acids is 2. The summed E-state index contributed by atoms with van der Waals surface area (Å²) in [4.78, 5) is 22.2. The molecule has 3 aliphatic rings. The van der Waals surface area contributed by atoms with Crippen molar-refractivity contribution in [2.24, 2.45) is 0 Å².